The van der Waals surface area contributed by atoms with E-state index in [4.69, 9.17) is 4.74 Å². The Balaban J connectivity index is 1.99. The highest BCUT2D eigenvalue weighted by Crippen LogP contribution is 2.41. The van der Waals surface area contributed by atoms with Crippen LogP contribution in [0.5, 0.6) is 5.75 Å². The van der Waals surface area contributed by atoms with Gasteiger partial charge < -0.3 is 9.84 Å². The lowest BCUT2D eigenvalue weighted by Crippen LogP contribution is -2.20. The maximum atomic E-state index is 13.2. The summed E-state index contributed by atoms with van der Waals surface area (Å²) in [6.45, 7) is 4.11. The van der Waals surface area contributed by atoms with Crippen molar-refractivity contribution in [2.24, 2.45) is 0 Å². The summed E-state index contributed by atoms with van der Waals surface area (Å²) in [5, 5.41) is 10.2. The molecule has 0 amide bonds. The molecule has 0 saturated heterocycles. The van der Waals surface area contributed by atoms with Crippen LogP contribution in [0.15, 0.2) is 36.4 Å². The van der Waals surface area contributed by atoms with Crippen LogP contribution in [-0.4, -0.2) is 5.11 Å². The van der Waals surface area contributed by atoms with E-state index in [-0.39, 0.29) is 11.9 Å². The number of aryl methyl sites for hydroxylation is 1. The van der Waals surface area contributed by atoms with E-state index in [1.165, 1.54) is 23.3 Å². The van der Waals surface area contributed by atoms with E-state index >= 15 is 0 Å². The van der Waals surface area contributed by atoms with Crippen LogP contribution in [0, 0.1) is 19.7 Å². The number of aliphatic hydroxyl groups is 1. The van der Waals surface area contributed by atoms with Gasteiger partial charge in [0, 0.05) is 12.0 Å². The molecule has 0 radical (unpaired) electrons. The maximum Gasteiger partial charge on any atom is 0.127 e. The first-order valence-corrected chi connectivity index (χ1v) is 6.76. The first-order valence-electron chi connectivity index (χ1n) is 6.76. The first-order chi connectivity index (χ1) is 9.56. The maximum absolute atomic E-state index is 13.2. The second-order valence-electron chi connectivity index (χ2n) is 5.33. The molecule has 2 aromatic carbocycles. The lowest BCUT2D eigenvalue weighted by Gasteiger charge is -2.31. The average Bonchev–Trinajstić information content (AvgIpc) is 2.42. The molecule has 2 atom stereocenters. The van der Waals surface area contributed by atoms with E-state index in [9.17, 15) is 9.50 Å². The van der Waals surface area contributed by atoms with Crippen molar-refractivity contribution in [3.05, 3.63) is 64.5 Å². The summed E-state index contributed by atoms with van der Waals surface area (Å²) >= 11 is 0. The normalized spacial score (nSPS) is 21.2. The minimum absolute atomic E-state index is 0.192. The van der Waals surface area contributed by atoms with Crippen molar-refractivity contribution >= 4 is 0 Å². The molecule has 2 aromatic rings. The fourth-order valence-electron chi connectivity index (χ4n) is 2.73. The lowest BCUT2D eigenvalue weighted by molar-refractivity contribution is 0.0650. The molecular weight excluding hydrogens is 255 g/mol. The summed E-state index contributed by atoms with van der Waals surface area (Å²) in [7, 11) is 0. The number of ether oxygens (including phenoxy) is 1. The number of hydrogen-bond acceptors (Lipinski definition) is 2. The van der Waals surface area contributed by atoms with Gasteiger partial charge in [-0.2, -0.15) is 0 Å². The third-order valence-electron chi connectivity index (χ3n) is 4.03. The molecule has 104 valence electrons. The van der Waals surface area contributed by atoms with E-state index in [2.05, 4.69) is 19.9 Å². The van der Waals surface area contributed by atoms with Gasteiger partial charge in [-0.3, -0.25) is 0 Å². The van der Waals surface area contributed by atoms with Gasteiger partial charge in [0.25, 0.3) is 0 Å². The Morgan fingerprint density at radius 2 is 1.95 bits per heavy atom. The quantitative estimate of drug-likeness (QED) is 0.850. The standard InChI is InChI=1S/C17H17FO2/c1-10-4-3-5-13(11(10)2)17-9-15(19)14-8-12(18)6-7-16(14)20-17/h3-8,15,17,19H,9H2,1-2H3/t15-,17?/m1/s1. The zero-order chi connectivity index (χ0) is 14.3. The highest BCUT2D eigenvalue weighted by molar-refractivity contribution is 5.41. The van der Waals surface area contributed by atoms with Gasteiger partial charge in [0.15, 0.2) is 0 Å². The molecule has 0 fully saturated rings. The van der Waals surface area contributed by atoms with Crippen LogP contribution >= 0.6 is 0 Å². The molecule has 1 aliphatic rings. The van der Waals surface area contributed by atoms with Crippen LogP contribution < -0.4 is 4.74 Å². The predicted octanol–water partition coefficient (Wildman–Crippen LogP) is 4.00. The fraction of sp³-hybridized carbons (Fsp3) is 0.294. The molecule has 0 saturated carbocycles. The van der Waals surface area contributed by atoms with Gasteiger partial charge >= 0.3 is 0 Å². The Bertz CT molecular complexity index is 651. The molecule has 1 heterocycles. The summed E-state index contributed by atoms with van der Waals surface area (Å²) in [6, 6.07) is 10.4. The third kappa shape index (κ3) is 2.18. The zero-order valence-corrected chi connectivity index (χ0v) is 11.6. The monoisotopic (exact) mass is 272 g/mol. The molecule has 1 N–H and O–H groups in total. The van der Waals surface area contributed by atoms with E-state index in [1.54, 1.807) is 6.07 Å². The minimum Gasteiger partial charge on any atom is -0.485 e. The number of benzene rings is 2. The van der Waals surface area contributed by atoms with Crippen molar-refractivity contribution < 1.29 is 14.2 Å². The summed E-state index contributed by atoms with van der Waals surface area (Å²) in [5.41, 5.74) is 3.99. The third-order valence-corrected chi connectivity index (χ3v) is 4.03. The highest BCUT2D eigenvalue weighted by atomic mass is 19.1. The molecule has 1 unspecified atom stereocenters. The van der Waals surface area contributed by atoms with Gasteiger partial charge in [0.1, 0.15) is 17.7 Å². The molecule has 0 spiro atoms. The summed E-state index contributed by atoms with van der Waals surface area (Å²) < 4.78 is 19.2. The van der Waals surface area contributed by atoms with Crippen molar-refractivity contribution in [1.29, 1.82) is 0 Å². The van der Waals surface area contributed by atoms with Gasteiger partial charge in [-0.25, -0.2) is 4.39 Å². The zero-order valence-electron chi connectivity index (χ0n) is 11.6. The van der Waals surface area contributed by atoms with Crippen LogP contribution in [0.2, 0.25) is 0 Å². The molecule has 3 rings (SSSR count). The van der Waals surface area contributed by atoms with Crippen LogP contribution in [0.1, 0.15) is 40.9 Å². The highest BCUT2D eigenvalue weighted by Gasteiger charge is 2.29. The summed E-state index contributed by atoms with van der Waals surface area (Å²) in [5.74, 6) is 0.215. The average molecular weight is 272 g/mol. The number of hydrogen-bond donors (Lipinski definition) is 1. The molecule has 1 aliphatic heterocycles. The first kappa shape index (κ1) is 13.1. The smallest absolute Gasteiger partial charge is 0.127 e. The lowest BCUT2D eigenvalue weighted by atomic mass is 9.91. The van der Waals surface area contributed by atoms with Crippen molar-refractivity contribution in [3.8, 4) is 5.75 Å². The van der Waals surface area contributed by atoms with Gasteiger partial charge in [0.05, 0.1) is 6.10 Å². The Labute approximate surface area is 117 Å². The van der Waals surface area contributed by atoms with Crippen molar-refractivity contribution in [3.63, 3.8) is 0 Å². The molecule has 3 heteroatoms. The Morgan fingerprint density at radius 1 is 1.15 bits per heavy atom. The number of aliphatic hydroxyl groups excluding tert-OH is 1. The molecule has 20 heavy (non-hydrogen) atoms. The van der Waals surface area contributed by atoms with Crippen LogP contribution in [0.25, 0.3) is 0 Å². The largest absolute Gasteiger partial charge is 0.485 e. The number of rotatable bonds is 1. The number of halogens is 1. The van der Waals surface area contributed by atoms with E-state index in [0.717, 1.165) is 5.56 Å². The van der Waals surface area contributed by atoms with Crippen molar-refractivity contribution in [2.45, 2.75) is 32.5 Å². The minimum atomic E-state index is -0.695. The van der Waals surface area contributed by atoms with E-state index < -0.39 is 6.10 Å². The van der Waals surface area contributed by atoms with Crippen LogP contribution in [0.3, 0.4) is 0 Å². The molecular formula is C17H17FO2. The number of fused-ring (bicyclic) bond motifs is 1. The molecule has 0 bridgehead atoms. The predicted molar refractivity (Wildman–Crippen MR) is 75.3 cm³/mol. The van der Waals surface area contributed by atoms with Gasteiger partial charge in [-0.05, 0) is 48.7 Å². The van der Waals surface area contributed by atoms with Crippen molar-refractivity contribution in [2.75, 3.05) is 0 Å². The topological polar surface area (TPSA) is 29.5 Å². The fourth-order valence-corrected chi connectivity index (χ4v) is 2.73. The molecule has 0 aliphatic carbocycles. The Kier molecular flexibility index (Phi) is 3.22. The van der Waals surface area contributed by atoms with Crippen LogP contribution in [-0.2, 0) is 0 Å². The van der Waals surface area contributed by atoms with E-state index in [0.29, 0.717) is 17.7 Å². The summed E-state index contributed by atoms with van der Waals surface area (Å²) in [6.07, 6.45) is -0.442. The Morgan fingerprint density at radius 3 is 2.75 bits per heavy atom. The molecule has 2 nitrogen and oxygen atoms in total. The second-order valence-corrected chi connectivity index (χ2v) is 5.33. The SMILES string of the molecule is Cc1cccc(C2C[C@@H](O)c3cc(F)ccc3O2)c1C. The van der Waals surface area contributed by atoms with Crippen molar-refractivity contribution in [1.82, 2.24) is 0 Å². The van der Waals surface area contributed by atoms with Crippen LogP contribution in [0.4, 0.5) is 4.39 Å². The second kappa shape index (κ2) is 4.91. The van der Waals surface area contributed by atoms with Gasteiger partial charge in [-0.1, -0.05) is 18.2 Å². The molecule has 0 aromatic heterocycles. The Hall–Kier alpha value is -1.87. The van der Waals surface area contributed by atoms with Gasteiger partial charge in [0.2, 0.25) is 0 Å². The summed E-state index contributed by atoms with van der Waals surface area (Å²) in [4.78, 5) is 0. The van der Waals surface area contributed by atoms with E-state index in [1.807, 2.05) is 12.1 Å². The van der Waals surface area contributed by atoms with Gasteiger partial charge in [-0.15, -0.1) is 0 Å².